The van der Waals surface area contributed by atoms with Crippen LogP contribution in [0.15, 0.2) is 71.8 Å². The minimum Gasteiger partial charge on any atom is -0.493 e. The SMILES string of the molecule is C[C@@H](COc1ccc2c(c1)c(SC(C)(C)C)c(CC(C)(C)C(=O)O)n2Cc1ccc(Cl)cc1)c1ccccn1. The van der Waals surface area contributed by atoms with Crippen molar-refractivity contribution in [3.8, 4) is 5.75 Å². The molecule has 0 radical (unpaired) electrons. The van der Waals surface area contributed by atoms with Gasteiger partial charge in [0.2, 0.25) is 0 Å². The highest BCUT2D eigenvalue weighted by Gasteiger charge is 2.33. The van der Waals surface area contributed by atoms with Crippen LogP contribution in [-0.4, -0.2) is 32.0 Å². The molecule has 206 valence electrons. The third-order valence-corrected chi connectivity index (χ3v) is 8.16. The molecule has 0 saturated carbocycles. The molecule has 0 aliphatic heterocycles. The van der Waals surface area contributed by atoms with Gasteiger partial charge in [0.15, 0.2) is 0 Å². The van der Waals surface area contributed by atoms with Crippen molar-refractivity contribution in [2.45, 2.75) is 70.1 Å². The van der Waals surface area contributed by atoms with Crippen LogP contribution in [0.25, 0.3) is 10.9 Å². The molecular formula is C32H37ClN2O3S. The number of hydrogen-bond acceptors (Lipinski definition) is 4. The highest BCUT2D eigenvalue weighted by atomic mass is 35.5. The minimum atomic E-state index is -0.934. The number of carboxylic acid groups (broad SMARTS) is 1. The molecular weight excluding hydrogens is 528 g/mol. The normalized spacial score (nSPS) is 13.0. The average molecular weight is 565 g/mol. The van der Waals surface area contributed by atoms with Crippen LogP contribution in [0.2, 0.25) is 5.02 Å². The summed E-state index contributed by atoms with van der Waals surface area (Å²) in [5, 5.41) is 11.8. The molecule has 4 rings (SSSR count). The van der Waals surface area contributed by atoms with Crippen molar-refractivity contribution in [1.29, 1.82) is 0 Å². The fourth-order valence-corrected chi connectivity index (χ4v) is 5.77. The third kappa shape index (κ3) is 7.17. The standard InChI is InChI=1S/C32H37ClN2O3S/c1-21(26-9-7-8-16-34-26)20-38-24-14-15-27-25(17-24)29(39-31(2,3)4)28(18-32(5,6)30(36)37)35(27)19-22-10-12-23(33)13-11-22/h7-17,21H,18-20H2,1-6H3,(H,36,37)/t21-/m0/s1. The van der Waals surface area contributed by atoms with Crippen molar-refractivity contribution in [1.82, 2.24) is 9.55 Å². The van der Waals surface area contributed by atoms with Gasteiger partial charge >= 0.3 is 5.97 Å². The summed E-state index contributed by atoms with van der Waals surface area (Å²) in [6.07, 6.45) is 2.20. The number of rotatable bonds is 10. The molecule has 0 saturated heterocycles. The number of benzene rings is 2. The number of carbonyl (C=O) groups is 1. The summed E-state index contributed by atoms with van der Waals surface area (Å²) in [5.41, 5.74) is 3.23. The van der Waals surface area contributed by atoms with E-state index in [4.69, 9.17) is 16.3 Å². The van der Waals surface area contributed by atoms with Crippen LogP contribution in [0.4, 0.5) is 0 Å². The number of halogens is 1. The molecule has 7 heteroatoms. The monoisotopic (exact) mass is 564 g/mol. The summed E-state index contributed by atoms with van der Waals surface area (Å²) in [4.78, 5) is 17.8. The molecule has 0 amide bonds. The predicted octanol–water partition coefficient (Wildman–Crippen LogP) is 8.46. The van der Waals surface area contributed by atoms with Gasteiger partial charge in [0.1, 0.15) is 5.75 Å². The molecule has 0 aliphatic rings. The van der Waals surface area contributed by atoms with E-state index in [1.54, 1.807) is 31.8 Å². The van der Waals surface area contributed by atoms with E-state index >= 15 is 0 Å². The number of carboxylic acids is 1. The van der Waals surface area contributed by atoms with Gasteiger partial charge in [0, 0.05) is 62.0 Å². The number of thioether (sulfide) groups is 1. The molecule has 2 heterocycles. The molecule has 0 unspecified atom stereocenters. The molecule has 5 nitrogen and oxygen atoms in total. The number of hydrogen-bond donors (Lipinski definition) is 1. The molecule has 0 fully saturated rings. The van der Waals surface area contributed by atoms with Gasteiger partial charge in [0.05, 0.1) is 12.0 Å². The Morgan fingerprint density at radius 2 is 1.79 bits per heavy atom. The Hall–Kier alpha value is -2.96. The number of nitrogens with zero attached hydrogens (tertiary/aromatic N) is 2. The van der Waals surface area contributed by atoms with Gasteiger partial charge < -0.3 is 14.4 Å². The maximum Gasteiger partial charge on any atom is 0.309 e. The largest absolute Gasteiger partial charge is 0.493 e. The first-order valence-electron chi connectivity index (χ1n) is 13.2. The minimum absolute atomic E-state index is 0.0775. The van der Waals surface area contributed by atoms with Crippen molar-refractivity contribution >= 4 is 40.2 Å². The van der Waals surface area contributed by atoms with Crippen molar-refractivity contribution < 1.29 is 14.6 Å². The third-order valence-electron chi connectivity index (χ3n) is 6.63. The maximum atomic E-state index is 12.2. The number of aliphatic carboxylic acids is 1. The summed E-state index contributed by atoms with van der Waals surface area (Å²) in [6.45, 7) is 13.4. The van der Waals surface area contributed by atoms with E-state index in [2.05, 4.69) is 49.4 Å². The van der Waals surface area contributed by atoms with Gasteiger partial charge in [-0.05, 0) is 61.9 Å². The second-order valence-corrected chi connectivity index (χ2v) is 14.0. The van der Waals surface area contributed by atoms with Gasteiger partial charge in [-0.15, -0.1) is 11.8 Å². The number of pyridine rings is 1. The second kappa shape index (κ2) is 11.6. The van der Waals surface area contributed by atoms with Gasteiger partial charge in [-0.1, -0.05) is 57.5 Å². The summed E-state index contributed by atoms with van der Waals surface area (Å²) >= 11 is 7.93. The molecule has 2 aromatic heterocycles. The van der Waals surface area contributed by atoms with Gasteiger partial charge in [0.25, 0.3) is 0 Å². The van der Waals surface area contributed by atoms with Crippen LogP contribution in [0, 0.1) is 5.41 Å². The molecule has 39 heavy (non-hydrogen) atoms. The zero-order valence-corrected chi connectivity index (χ0v) is 25.1. The van der Waals surface area contributed by atoms with Crippen LogP contribution in [-0.2, 0) is 17.8 Å². The topological polar surface area (TPSA) is 64.3 Å². The maximum absolute atomic E-state index is 12.2. The van der Waals surface area contributed by atoms with Crippen LogP contribution in [0.3, 0.4) is 0 Å². The van der Waals surface area contributed by atoms with Crippen molar-refractivity contribution in [3.63, 3.8) is 0 Å². The molecule has 1 N–H and O–H groups in total. The first-order chi connectivity index (χ1) is 18.3. The summed E-state index contributed by atoms with van der Waals surface area (Å²) in [7, 11) is 0. The van der Waals surface area contributed by atoms with Crippen molar-refractivity contribution in [2.24, 2.45) is 5.41 Å². The lowest BCUT2D eigenvalue weighted by Crippen LogP contribution is -2.28. The van der Waals surface area contributed by atoms with E-state index in [9.17, 15) is 9.90 Å². The predicted molar refractivity (Wildman–Crippen MR) is 161 cm³/mol. The van der Waals surface area contributed by atoms with Crippen LogP contribution in [0.1, 0.15) is 64.4 Å². The Balaban J connectivity index is 1.81. The van der Waals surface area contributed by atoms with Crippen LogP contribution < -0.4 is 4.74 Å². The first kappa shape index (κ1) is 29.0. The van der Waals surface area contributed by atoms with E-state index < -0.39 is 11.4 Å². The quantitative estimate of drug-likeness (QED) is 0.196. The highest BCUT2D eigenvalue weighted by Crippen LogP contribution is 2.44. The molecule has 0 spiro atoms. The Kier molecular flexibility index (Phi) is 8.67. The molecule has 1 atom stereocenters. The fraction of sp³-hybridized carbons (Fsp3) is 0.375. The molecule has 0 bridgehead atoms. The van der Waals surface area contributed by atoms with E-state index in [0.717, 1.165) is 38.5 Å². The zero-order valence-electron chi connectivity index (χ0n) is 23.5. The lowest BCUT2D eigenvalue weighted by Gasteiger charge is -2.24. The Labute approximate surface area is 240 Å². The van der Waals surface area contributed by atoms with Gasteiger partial charge in [-0.25, -0.2) is 0 Å². The van der Waals surface area contributed by atoms with E-state index in [1.165, 1.54) is 0 Å². The first-order valence-corrected chi connectivity index (χ1v) is 14.4. The molecule has 4 aromatic rings. The van der Waals surface area contributed by atoms with E-state index in [1.807, 2.05) is 48.5 Å². The Bertz CT molecular complexity index is 1440. The van der Waals surface area contributed by atoms with Crippen LogP contribution >= 0.6 is 23.4 Å². The lowest BCUT2D eigenvalue weighted by atomic mass is 9.88. The number of ether oxygens (including phenoxy) is 1. The van der Waals surface area contributed by atoms with Gasteiger partial charge in [-0.2, -0.15) is 0 Å². The van der Waals surface area contributed by atoms with Crippen molar-refractivity contribution in [2.75, 3.05) is 6.61 Å². The Morgan fingerprint density at radius 1 is 1.08 bits per heavy atom. The fourth-order valence-electron chi connectivity index (χ4n) is 4.46. The van der Waals surface area contributed by atoms with Crippen molar-refractivity contribution in [3.05, 3.63) is 88.8 Å². The molecule has 2 aromatic carbocycles. The average Bonchev–Trinajstić information content (AvgIpc) is 3.14. The summed E-state index contributed by atoms with van der Waals surface area (Å²) < 4.78 is 8.45. The number of fused-ring (bicyclic) bond motifs is 1. The van der Waals surface area contributed by atoms with Gasteiger partial charge in [-0.3, -0.25) is 9.78 Å². The van der Waals surface area contributed by atoms with Crippen LogP contribution in [0.5, 0.6) is 5.75 Å². The summed E-state index contributed by atoms with van der Waals surface area (Å²) in [5.74, 6) is 0.116. The molecule has 0 aliphatic carbocycles. The highest BCUT2D eigenvalue weighted by molar-refractivity contribution is 8.00. The van der Waals surface area contributed by atoms with E-state index in [0.29, 0.717) is 24.6 Å². The summed E-state index contributed by atoms with van der Waals surface area (Å²) in [6, 6.07) is 19.9. The number of aromatic nitrogens is 2. The Morgan fingerprint density at radius 3 is 2.41 bits per heavy atom. The van der Waals surface area contributed by atoms with E-state index in [-0.39, 0.29) is 10.7 Å². The zero-order chi connectivity index (χ0) is 28.4. The second-order valence-electron chi connectivity index (χ2n) is 11.7. The smallest absolute Gasteiger partial charge is 0.309 e. The lowest BCUT2D eigenvalue weighted by molar-refractivity contribution is -0.146.